The summed E-state index contributed by atoms with van der Waals surface area (Å²) in [5.41, 5.74) is 0.537. The molecule has 43 heavy (non-hydrogen) atoms. The molecule has 9 nitrogen and oxygen atoms in total. The number of nitrogens with zero attached hydrogens (tertiary/aromatic N) is 4. The Bertz CT molecular complexity index is 873. The molecule has 3 fully saturated rings. The Hall–Kier alpha value is -2.42. The summed E-state index contributed by atoms with van der Waals surface area (Å²) in [6.45, 7) is 21.5. The zero-order chi connectivity index (χ0) is 32.5. The molecule has 0 spiro atoms. The third-order valence-electron chi connectivity index (χ3n) is 8.21. The van der Waals surface area contributed by atoms with E-state index in [1.54, 1.807) is 23.8 Å². The largest absolute Gasteiger partial charge is 0.350 e. The van der Waals surface area contributed by atoms with E-state index in [0.29, 0.717) is 24.9 Å². The highest BCUT2D eigenvalue weighted by molar-refractivity contribution is 5.97. The number of carbonyl (C=O) groups excluding carboxylic acids is 4. The number of likely N-dealkylation sites (N-methyl/N-ethyl adjacent to an activating group) is 1. The van der Waals surface area contributed by atoms with Gasteiger partial charge in [-0.3, -0.25) is 19.2 Å². The Morgan fingerprint density at radius 2 is 1.37 bits per heavy atom. The number of likely N-dealkylation sites (tertiary alicyclic amines) is 3. The summed E-state index contributed by atoms with van der Waals surface area (Å²) in [6, 6.07) is 0.103. The minimum Gasteiger partial charge on any atom is -0.350 e. The second-order valence-corrected chi connectivity index (χ2v) is 13.6. The molecular formula is C34H63N5O4. The topological polar surface area (TPSA) is 93.3 Å². The quantitative estimate of drug-likeness (QED) is 0.304. The molecule has 1 N–H and O–H groups in total. The number of nitrogens with one attached hydrogen (secondary N) is 1. The van der Waals surface area contributed by atoms with Crippen LogP contribution in [0.15, 0.2) is 11.6 Å². The Kier molecular flexibility index (Phi) is 18.4. The van der Waals surface area contributed by atoms with Crippen LogP contribution < -0.4 is 5.32 Å². The molecule has 0 aromatic carbocycles. The first-order chi connectivity index (χ1) is 20.3. The molecule has 2 atom stereocenters. The summed E-state index contributed by atoms with van der Waals surface area (Å²) in [5, 5.41) is 2.38. The lowest BCUT2D eigenvalue weighted by Crippen LogP contribution is -2.49. The molecular weight excluding hydrogens is 542 g/mol. The van der Waals surface area contributed by atoms with Crippen LogP contribution in [0.4, 0.5) is 0 Å². The van der Waals surface area contributed by atoms with Gasteiger partial charge in [0.2, 0.25) is 24.1 Å². The molecule has 0 unspecified atom stereocenters. The lowest BCUT2D eigenvalue weighted by Gasteiger charge is -2.33. The Morgan fingerprint density at radius 1 is 0.837 bits per heavy atom. The number of amides is 4. The molecule has 3 aliphatic rings. The second kappa shape index (κ2) is 20.5. The molecule has 3 rings (SSSR count). The summed E-state index contributed by atoms with van der Waals surface area (Å²) < 4.78 is 0. The summed E-state index contributed by atoms with van der Waals surface area (Å²) in [6.07, 6.45) is 11.3. The second-order valence-electron chi connectivity index (χ2n) is 13.6. The van der Waals surface area contributed by atoms with E-state index in [2.05, 4.69) is 44.8 Å². The van der Waals surface area contributed by atoms with Crippen molar-refractivity contribution in [3.63, 3.8) is 0 Å². The summed E-state index contributed by atoms with van der Waals surface area (Å²) in [7, 11) is 1.67. The molecule has 0 aliphatic carbocycles. The summed E-state index contributed by atoms with van der Waals surface area (Å²) >= 11 is 0. The van der Waals surface area contributed by atoms with Crippen molar-refractivity contribution in [2.45, 2.75) is 125 Å². The minimum atomic E-state index is -0.382. The van der Waals surface area contributed by atoms with E-state index in [-0.39, 0.29) is 42.3 Å². The van der Waals surface area contributed by atoms with Crippen molar-refractivity contribution < 1.29 is 19.2 Å². The monoisotopic (exact) mass is 605 g/mol. The Labute approximate surface area is 262 Å². The van der Waals surface area contributed by atoms with Gasteiger partial charge in [0.05, 0.1) is 12.6 Å². The SMILES string of the molecule is C/C(=C\[C@H](C(C)C)N(C)C(=O)CNC=O)C(=O)N1CCC[C@H]1C(=O)N1CCCCC1.CC(C)C.CC(C)N1CCCCC1. The molecule has 9 heteroatoms. The first-order valence-electron chi connectivity index (χ1n) is 16.8. The fourth-order valence-corrected chi connectivity index (χ4v) is 5.75. The number of hydrogen-bond donors (Lipinski definition) is 1. The number of piperidine rings is 2. The number of hydrogen-bond acceptors (Lipinski definition) is 5. The molecule has 0 saturated carbocycles. The smallest absolute Gasteiger partial charge is 0.249 e. The third kappa shape index (κ3) is 13.8. The molecule has 248 valence electrons. The van der Waals surface area contributed by atoms with Crippen LogP contribution in [0.25, 0.3) is 0 Å². The maximum atomic E-state index is 13.2. The van der Waals surface area contributed by atoms with Gasteiger partial charge in [0.25, 0.3) is 0 Å². The molecule has 0 radical (unpaired) electrons. The maximum Gasteiger partial charge on any atom is 0.249 e. The Balaban J connectivity index is 0.000000586. The molecule has 3 aliphatic heterocycles. The average Bonchev–Trinajstić information content (AvgIpc) is 3.48. The molecule has 0 aromatic heterocycles. The fourth-order valence-electron chi connectivity index (χ4n) is 5.75. The predicted octanol–water partition coefficient (Wildman–Crippen LogP) is 4.71. The van der Waals surface area contributed by atoms with E-state index in [0.717, 1.165) is 50.7 Å². The van der Waals surface area contributed by atoms with Crippen molar-refractivity contribution >= 4 is 24.1 Å². The van der Waals surface area contributed by atoms with Crippen LogP contribution in [0.5, 0.6) is 0 Å². The van der Waals surface area contributed by atoms with E-state index < -0.39 is 0 Å². The third-order valence-corrected chi connectivity index (χ3v) is 8.21. The van der Waals surface area contributed by atoms with Gasteiger partial charge in [-0.25, -0.2) is 0 Å². The van der Waals surface area contributed by atoms with Gasteiger partial charge < -0.3 is 24.9 Å². The van der Waals surface area contributed by atoms with Gasteiger partial charge in [-0.1, -0.05) is 47.1 Å². The normalized spacial score (nSPS) is 20.2. The highest BCUT2D eigenvalue weighted by Gasteiger charge is 2.37. The zero-order valence-electron chi connectivity index (χ0n) is 28.9. The van der Waals surface area contributed by atoms with Gasteiger partial charge in [-0.05, 0) is 90.6 Å². The molecule has 3 heterocycles. The number of carbonyl (C=O) groups is 4. The highest BCUT2D eigenvalue weighted by atomic mass is 16.2. The molecule has 0 bridgehead atoms. The molecule has 4 amide bonds. The lowest BCUT2D eigenvalue weighted by molar-refractivity contribution is -0.142. The van der Waals surface area contributed by atoms with Crippen LogP contribution in [-0.2, 0) is 19.2 Å². The Morgan fingerprint density at radius 3 is 1.84 bits per heavy atom. The van der Waals surface area contributed by atoms with Crippen LogP contribution in [0.1, 0.15) is 107 Å². The van der Waals surface area contributed by atoms with Crippen LogP contribution in [-0.4, -0.2) is 108 Å². The van der Waals surface area contributed by atoms with E-state index in [9.17, 15) is 19.2 Å². The standard InChI is InChI=1S/C22H36N4O4.C8H17N.C4H10/c1-16(2)19(24(4)20(28)14-23-15-27)13-17(3)21(29)26-12-8-9-18(26)22(30)25-10-6-5-7-11-25;1-8(2)9-6-4-3-5-7-9;1-4(2)3/h13,15-16,18-19H,5-12,14H2,1-4H3,(H,23,27);8H,3-7H2,1-2H3;4H,1-3H3/b17-13+;;/t18-,19+;;/m0../s1. The van der Waals surface area contributed by atoms with Gasteiger partial charge in [0.1, 0.15) is 6.04 Å². The van der Waals surface area contributed by atoms with Crippen LogP contribution in [0.2, 0.25) is 0 Å². The summed E-state index contributed by atoms with van der Waals surface area (Å²) in [4.78, 5) is 56.7. The lowest BCUT2D eigenvalue weighted by atomic mass is 9.99. The first kappa shape index (κ1) is 38.6. The van der Waals surface area contributed by atoms with Gasteiger partial charge >= 0.3 is 0 Å². The zero-order valence-corrected chi connectivity index (χ0v) is 28.9. The van der Waals surface area contributed by atoms with Crippen LogP contribution in [0.3, 0.4) is 0 Å². The van der Waals surface area contributed by atoms with Crippen molar-refractivity contribution in [1.29, 1.82) is 0 Å². The molecule has 0 aromatic rings. The van der Waals surface area contributed by atoms with Crippen LogP contribution >= 0.6 is 0 Å². The van der Waals surface area contributed by atoms with E-state index in [1.165, 1.54) is 32.4 Å². The van der Waals surface area contributed by atoms with E-state index in [4.69, 9.17) is 0 Å². The molecule has 3 saturated heterocycles. The van der Waals surface area contributed by atoms with E-state index in [1.807, 2.05) is 24.8 Å². The van der Waals surface area contributed by atoms with Crippen molar-refractivity contribution in [2.75, 3.05) is 46.3 Å². The van der Waals surface area contributed by atoms with E-state index >= 15 is 0 Å². The maximum absolute atomic E-state index is 13.2. The predicted molar refractivity (Wildman–Crippen MR) is 175 cm³/mol. The van der Waals surface area contributed by atoms with Crippen molar-refractivity contribution in [2.24, 2.45) is 11.8 Å². The first-order valence-corrected chi connectivity index (χ1v) is 16.8. The fraction of sp³-hybridized carbons (Fsp3) is 0.824. The van der Waals surface area contributed by atoms with Gasteiger partial charge in [-0.2, -0.15) is 0 Å². The summed E-state index contributed by atoms with van der Waals surface area (Å²) in [5.74, 6) is 0.625. The van der Waals surface area contributed by atoms with Gasteiger partial charge in [-0.15, -0.1) is 0 Å². The van der Waals surface area contributed by atoms with Crippen molar-refractivity contribution in [3.05, 3.63) is 11.6 Å². The van der Waals surface area contributed by atoms with Gasteiger partial charge in [0.15, 0.2) is 0 Å². The average molecular weight is 606 g/mol. The van der Waals surface area contributed by atoms with Crippen LogP contribution in [0, 0.1) is 11.8 Å². The van der Waals surface area contributed by atoms with Crippen molar-refractivity contribution in [3.8, 4) is 0 Å². The van der Waals surface area contributed by atoms with Crippen molar-refractivity contribution in [1.82, 2.24) is 24.9 Å². The minimum absolute atomic E-state index is 0.0704. The van der Waals surface area contributed by atoms with Gasteiger partial charge in [0, 0.05) is 38.3 Å². The highest BCUT2D eigenvalue weighted by Crippen LogP contribution is 2.24. The number of rotatable bonds is 9.